The molecule has 0 radical (unpaired) electrons. The fourth-order valence-corrected chi connectivity index (χ4v) is 1.36. The van der Waals surface area contributed by atoms with Gasteiger partial charge in [0.25, 0.3) is 0 Å². The third-order valence-corrected chi connectivity index (χ3v) is 2.24. The number of aromatic hydroxyl groups is 1. The summed E-state index contributed by atoms with van der Waals surface area (Å²) >= 11 is 0. The van der Waals surface area contributed by atoms with Crippen LogP contribution in [0.5, 0.6) is 11.5 Å². The minimum atomic E-state index is 0.262. The first-order valence-electron chi connectivity index (χ1n) is 5.97. The zero-order chi connectivity index (χ0) is 12.3. The van der Waals surface area contributed by atoms with Gasteiger partial charge in [0.2, 0.25) is 0 Å². The Hall–Kier alpha value is -1.64. The summed E-state index contributed by atoms with van der Waals surface area (Å²) in [4.78, 5) is 0. The molecule has 3 nitrogen and oxygen atoms in total. The normalized spacial score (nSPS) is 10.6. The molecule has 0 fully saturated rings. The van der Waals surface area contributed by atoms with Crippen LogP contribution in [0.1, 0.15) is 26.2 Å². The van der Waals surface area contributed by atoms with Crippen LogP contribution in [-0.4, -0.2) is 18.3 Å². The molecule has 3 heteroatoms. The van der Waals surface area contributed by atoms with Gasteiger partial charge in [-0.2, -0.15) is 0 Å². The molecular formula is C14H20O3. The summed E-state index contributed by atoms with van der Waals surface area (Å²) in [6.45, 7) is 3.41. The smallest absolute Gasteiger partial charge is 0.119 e. The second kappa shape index (κ2) is 8.50. The van der Waals surface area contributed by atoms with Crippen LogP contribution >= 0.6 is 0 Å². The minimum absolute atomic E-state index is 0.262. The van der Waals surface area contributed by atoms with E-state index in [1.165, 1.54) is 0 Å². The molecule has 0 atom stereocenters. The fraction of sp³-hybridized carbons (Fsp3) is 0.429. The number of rotatable bonds is 8. The zero-order valence-corrected chi connectivity index (χ0v) is 10.3. The summed E-state index contributed by atoms with van der Waals surface area (Å²) < 4.78 is 10.7. The van der Waals surface area contributed by atoms with E-state index >= 15 is 0 Å². The number of hydrogen-bond donors (Lipinski definition) is 1. The Morgan fingerprint density at radius 2 is 1.76 bits per heavy atom. The summed E-state index contributed by atoms with van der Waals surface area (Å²) in [6.07, 6.45) is 6.75. The van der Waals surface area contributed by atoms with Crippen LogP contribution in [-0.2, 0) is 4.74 Å². The van der Waals surface area contributed by atoms with Crippen LogP contribution in [0.15, 0.2) is 36.6 Å². The molecular weight excluding hydrogens is 216 g/mol. The molecule has 1 aromatic rings. The molecule has 1 N–H and O–H groups in total. The van der Waals surface area contributed by atoms with E-state index in [9.17, 15) is 0 Å². The van der Waals surface area contributed by atoms with Gasteiger partial charge < -0.3 is 14.6 Å². The Bertz CT molecular complexity index is 317. The molecule has 1 rings (SSSR count). The average molecular weight is 236 g/mol. The van der Waals surface area contributed by atoms with Crippen LogP contribution in [0.3, 0.4) is 0 Å². The summed E-state index contributed by atoms with van der Waals surface area (Å²) in [7, 11) is 0. The van der Waals surface area contributed by atoms with E-state index in [4.69, 9.17) is 14.6 Å². The molecule has 0 saturated heterocycles. The molecule has 0 aliphatic rings. The van der Waals surface area contributed by atoms with Crippen molar-refractivity contribution in [2.45, 2.75) is 26.2 Å². The second-order valence-electron chi connectivity index (χ2n) is 3.74. The number of phenols is 1. The molecule has 0 heterocycles. The van der Waals surface area contributed by atoms with Gasteiger partial charge in [-0.05, 0) is 50.5 Å². The van der Waals surface area contributed by atoms with Crippen LogP contribution in [0.4, 0.5) is 0 Å². The predicted octanol–water partition coefficient (Wildman–Crippen LogP) is 3.49. The van der Waals surface area contributed by atoms with Crippen molar-refractivity contribution in [2.75, 3.05) is 13.2 Å². The number of benzene rings is 1. The summed E-state index contributed by atoms with van der Waals surface area (Å²) in [5, 5.41) is 9.09. The van der Waals surface area contributed by atoms with Gasteiger partial charge in [0, 0.05) is 0 Å². The van der Waals surface area contributed by atoms with Gasteiger partial charge >= 0.3 is 0 Å². The van der Waals surface area contributed by atoms with Crippen LogP contribution < -0.4 is 4.74 Å². The first-order valence-corrected chi connectivity index (χ1v) is 5.97. The van der Waals surface area contributed by atoms with Crippen molar-refractivity contribution in [3.8, 4) is 11.5 Å². The average Bonchev–Trinajstić information content (AvgIpc) is 2.35. The van der Waals surface area contributed by atoms with Gasteiger partial charge in [-0.3, -0.25) is 0 Å². The third kappa shape index (κ3) is 6.51. The molecule has 1 aromatic carbocycles. The van der Waals surface area contributed by atoms with Crippen molar-refractivity contribution >= 4 is 0 Å². The van der Waals surface area contributed by atoms with Crippen LogP contribution in [0, 0.1) is 0 Å². The highest BCUT2D eigenvalue weighted by atomic mass is 16.5. The highest BCUT2D eigenvalue weighted by Crippen LogP contribution is 2.16. The van der Waals surface area contributed by atoms with Gasteiger partial charge in [0.05, 0.1) is 19.5 Å². The Morgan fingerprint density at radius 3 is 2.47 bits per heavy atom. The summed E-state index contributed by atoms with van der Waals surface area (Å²) in [5.74, 6) is 1.06. The van der Waals surface area contributed by atoms with E-state index < -0.39 is 0 Å². The number of ether oxygens (including phenoxy) is 2. The molecule has 0 saturated carbocycles. The lowest BCUT2D eigenvalue weighted by molar-refractivity contribution is 0.233. The maximum Gasteiger partial charge on any atom is 0.119 e. The minimum Gasteiger partial charge on any atom is -0.508 e. The largest absolute Gasteiger partial charge is 0.508 e. The SMILES string of the molecule is CC=COCCCCCOc1ccc(O)cc1. The van der Waals surface area contributed by atoms with E-state index in [-0.39, 0.29) is 5.75 Å². The van der Waals surface area contributed by atoms with E-state index in [2.05, 4.69) is 0 Å². The lowest BCUT2D eigenvalue weighted by atomic mass is 10.2. The van der Waals surface area contributed by atoms with Gasteiger partial charge in [-0.1, -0.05) is 6.08 Å². The number of phenolic OH excluding ortho intramolecular Hbond substituents is 1. The monoisotopic (exact) mass is 236 g/mol. The molecule has 0 unspecified atom stereocenters. The summed E-state index contributed by atoms with van der Waals surface area (Å²) in [6, 6.07) is 6.79. The molecule has 0 aromatic heterocycles. The third-order valence-electron chi connectivity index (χ3n) is 2.24. The lowest BCUT2D eigenvalue weighted by Crippen LogP contribution is -1.98. The maximum absolute atomic E-state index is 9.09. The first kappa shape index (κ1) is 13.4. The fourth-order valence-electron chi connectivity index (χ4n) is 1.36. The topological polar surface area (TPSA) is 38.7 Å². The van der Waals surface area contributed by atoms with Crippen molar-refractivity contribution in [1.29, 1.82) is 0 Å². The van der Waals surface area contributed by atoms with Crippen molar-refractivity contribution < 1.29 is 14.6 Å². The van der Waals surface area contributed by atoms with Gasteiger partial charge in [0.15, 0.2) is 0 Å². The summed E-state index contributed by atoms with van der Waals surface area (Å²) in [5.41, 5.74) is 0. The molecule has 0 aliphatic heterocycles. The number of unbranched alkanes of at least 4 members (excludes halogenated alkanes) is 2. The first-order chi connectivity index (χ1) is 8.33. The number of allylic oxidation sites excluding steroid dienone is 1. The maximum atomic E-state index is 9.09. The quantitative estimate of drug-likeness (QED) is 0.554. The molecule has 0 bridgehead atoms. The second-order valence-corrected chi connectivity index (χ2v) is 3.74. The highest BCUT2D eigenvalue weighted by Gasteiger charge is 1.94. The van der Waals surface area contributed by atoms with Gasteiger partial charge in [-0.15, -0.1) is 0 Å². The van der Waals surface area contributed by atoms with Gasteiger partial charge in [-0.25, -0.2) is 0 Å². The Balaban J connectivity index is 1.99. The van der Waals surface area contributed by atoms with E-state index in [1.807, 2.05) is 13.0 Å². The Kier molecular flexibility index (Phi) is 6.72. The van der Waals surface area contributed by atoms with E-state index in [0.29, 0.717) is 6.61 Å². The van der Waals surface area contributed by atoms with E-state index in [0.717, 1.165) is 31.6 Å². The van der Waals surface area contributed by atoms with Crippen molar-refractivity contribution in [1.82, 2.24) is 0 Å². The van der Waals surface area contributed by atoms with Crippen LogP contribution in [0.25, 0.3) is 0 Å². The van der Waals surface area contributed by atoms with Gasteiger partial charge in [0.1, 0.15) is 11.5 Å². The van der Waals surface area contributed by atoms with Crippen molar-refractivity contribution in [2.24, 2.45) is 0 Å². The molecule has 94 valence electrons. The van der Waals surface area contributed by atoms with Crippen molar-refractivity contribution in [3.63, 3.8) is 0 Å². The standard InChI is InChI=1S/C14H20O3/c1-2-10-16-11-4-3-5-12-17-14-8-6-13(15)7-9-14/h2,6-10,15H,3-5,11-12H2,1H3. The van der Waals surface area contributed by atoms with E-state index in [1.54, 1.807) is 30.5 Å². The molecule has 0 spiro atoms. The Morgan fingerprint density at radius 1 is 1.06 bits per heavy atom. The molecule has 17 heavy (non-hydrogen) atoms. The zero-order valence-electron chi connectivity index (χ0n) is 10.3. The molecule has 0 amide bonds. The van der Waals surface area contributed by atoms with Crippen molar-refractivity contribution in [3.05, 3.63) is 36.6 Å². The predicted molar refractivity (Wildman–Crippen MR) is 68.2 cm³/mol. The Labute approximate surface area is 103 Å². The highest BCUT2D eigenvalue weighted by molar-refractivity contribution is 5.29. The lowest BCUT2D eigenvalue weighted by Gasteiger charge is -2.06. The van der Waals surface area contributed by atoms with Crippen LogP contribution in [0.2, 0.25) is 0 Å². The number of hydrogen-bond acceptors (Lipinski definition) is 3. The molecule has 0 aliphatic carbocycles.